The van der Waals surface area contributed by atoms with Gasteiger partial charge in [-0.2, -0.15) is 0 Å². The highest BCUT2D eigenvalue weighted by molar-refractivity contribution is 5.98. The van der Waals surface area contributed by atoms with Crippen molar-refractivity contribution in [3.05, 3.63) is 35.4 Å². The van der Waals surface area contributed by atoms with E-state index in [2.05, 4.69) is 5.32 Å². The number of carbonyl (C=O) groups excluding carboxylic acids is 2. The Morgan fingerprint density at radius 3 is 2.33 bits per heavy atom. The average Bonchev–Trinajstić information content (AvgIpc) is 2.59. The molecule has 1 aliphatic heterocycles. The Hall–Kier alpha value is -2.21. The molecular weight excluding hydrogens is 310 g/mol. The zero-order valence-corrected chi connectivity index (χ0v) is 13.8. The van der Waals surface area contributed by atoms with Gasteiger partial charge in [0.1, 0.15) is 0 Å². The van der Waals surface area contributed by atoms with Crippen LogP contribution in [0.5, 0.6) is 0 Å². The van der Waals surface area contributed by atoms with E-state index in [4.69, 9.17) is 4.74 Å². The van der Waals surface area contributed by atoms with Crippen molar-refractivity contribution in [1.29, 1.82) is 0 Å². The second-order valence-corrected chi connectivity index (χ2v) is 6.26. The first kappa shape index (κ1) is 18.1. The SMILES string of the molecule is Cc1ccc(C(=O)CCC(=O)NCC2(C(=O)O)CCOCC2)cc1. The van der Waals surface area contributed by atoms with Crippen LogP contribution in [0.15, 0.2) is 24.3 Å². The molecule has 0 spiro atoms. The minimum atomic E-state index is -0.963. The standard InChI is InChI=1S/C18H23NO5/c1-13-2-4-14(5-3-13)15(20)6-7-16(21)19-12-18(17(22)23)8-10-24-11-9-18/h2-5H,6-12H2,1H3,(H,19,21)(H,22,23). The molecule has 0 saturated carbocycles. The number of aliphatic carboxylic acids is 1. The normalized spacial score (nSPS) is 16.4. The van der Waals surface area contributed by atoms with E-state index in [9.17, 15) is 19.5 Å². The number of carboxylic acid groups (broad SMARTS) is 1. The highest BCUT2D eigenvalue weighted by Gasteiger charge is 2.40. The minimum absolute atomic E-state index is 0.0545. The van der Waals surface area contributed by atoms with Crippen LogP contribution in [0.3, 0.4) is 0 Å². The summed E-state index contributed by atoms with van der Waals surface area (Å²) in [6, 6.07) is 7.21. The predicted molar refractivity (Wildman–Crippen MR) is 87.9 cm³/mol. The number of ether oxygens (including phenoxy) is 1. The van der Waals surface area contributed by atoms with E-state index in [1.54, 1.807) is 12.1 Å². The van der Waals surface area contributed by atoms with E-state index < -0.39 is 11.4 Å². The van der Waals surface area contributed by atoms with Crippen LogP contribution < -0.4 is 5.32 Å². The molecule has 1 aromatic rings. The number of nitrogens with one attached hydrogen (secondary N) is 1. The molecule has 1 amide bonds. The van der Waals surface area contributed by atoms with Gasteiger partial charge in [-0.25, -0.2) is 0 Å². The topological polar surface area (TPSA) is 92.7 Å². The Labute approximate surface area is 141 Å². The summed E-state index contributed by atoms with van der Waals surface area (Å²) >= 11 is 0. The summed E-state index contributed by atoms with van der Waals surface area (Å²) in [7, 11) is 0. The van der Waals surface area contributed by atoms with E-state index in [-0.39, 0.29) is 31.1 Å². The first-order chi connectivity index (χ1) is 11.4. The number of ketones is 1. The molecule has 1 heterocycles. The molecule has 1 aromatic carbocycles. The number of hydrogen-bond acceptors (Lipinski definition) is 4. The Morgan fingerprint density at radius 2 is 1.75 bits per heavy atom. The maximum Gasteiger partial charge on any atom is 0.311 e. The van der Waals surface area contributed by atoms with Gasteiger partial charge < -0.3 is 15.2 Å². The Bertz CT molecular complexity index is 602. The molecule has 0 bridgehead atoms. The molecule has 1 fully saturated rings. The van der Waals surface area contributed by atoms with Gasteiger partial charge in [-0.1, -0.05) is 29.8 Å². The Kier molecular flexibility index (Phi) is 6.09. The quantitative estimate of drug-likeness (QED) is 0.744. The highest BCUT2D eigenvalue weighted by Crippen LogP contribution is 2.30. The van der Waals surface area contributed by atoms with Crippen molar-refractivity contribution in [3.63, 3.8) is 0 Å². The van der Waals surface area contributed by atoms with Crippen molar-refractivity contribution in [1.82, 2.24) is 5.32 Å². The van der Waals surface area contributed by atoms with Gasteiger partial charge >= 0.3 is 5.97 Å². The summed E-state index contributed by atoms with van der Waals surface area (Å²) in [6.07, 6.45) is 0.923. The largest absolute Gasteiger partial charge is 0.481 e. The smallest absolute Gasteiger partial charge is 0.311 e. The van der Waals surface area contributed by atoms with Crippen molar-refractivity contribution in [2.24, 2.45) is 5.41 Å². The fourth-order valence-corrected chi connectivity index (χ4v) is 2.70. The highest BCUT2D eigenvalue weighted by atomic mass is 16.5. The molecule has 6 nitrogen and oxygen atoms in total. The number of benzene rings is 1. The summed E-state index contributed by atoms with van der Waals surface area (Å²) in [4.78, 5) is 35.5. The third kappa shape index (κ3) is 4.64. The molecule has 2 rings (SSSR count). The monoisotopic (exact) mass is 333 g/mol. The molecule has 1 saturated heterocycles. The van der Waals surface area contributed by atoms with Crippen LogP contribution in [0.1, 0.15) is 41.6 Å². The van der Waals surface area contributed by atoms with Crippen LogP contribution in [0.2, 0.25) is 0 Å². The Morgan fingerprint density at radius 1 is 1.12 bits per heavy atom. The van der Waals surface area contributed by atoms with Gasteiger partial charge in [-0.15, -0.1) is 0 Å². The molecule has 0 aliphatic carbocycles. The van der Waals surface area contributed by atoms with Crippen molar-refractivity contribution in [2.45, 2.75) is 32.6 Å². The molecule has 0 unspecified atom stereocenters. The van der Waals surface area contributed by atoms with E-state index in [0.29, 0.717) is 31.6 Å². The fourth-order valence-electron chi connectivity index (χ4n) is 2.70. The molecule has 130 valence electrons. The first-order valence-electron chi connectivity index (χ1n) is 8.11. The summed E-state index contributed by atoms with van der Waals surface area (Å²) < 4.78 is 5.20. The van der Waals surface area contributed by atoms with E-state index >= 15 is 0 Å². The van der Waals surface area contributed by atoms with Gasteiger partial charge in [0, 0.05) is 38.2 Å². The van der Waals surface area contributed by atoms with E-state index in [1.165, 1.54) is 0 Å². The molecule has 0 atom stereocenters. The van der Waals surface area contributed by atoms with Crippen LogP contribution in [0.4, 0.5) is 0 Å². The first-order valence-corrected chi connectivity index (χ1v) is 8.11. The number of carbonyl (C=O) groups is 3. The lowest BCUT2D eigenvalue weighted by molar-refractivity contribution is -0.154. The third-order valence-electron chi connectivity index (χ3n) is 4.48. The third-order valence-corrected chi connectivity index (χ3v) is 4.48. The number of carboxylic acids is 1. The summed E-state index contributed by atoms with van der Waals surface area (Å²) in [5.74, 6) is -1.31. The molecule has 6 heteroatoms. The Balaban J connectivity index is 1.81. The van der Waals surface area contributed by atoms with Crippen molar-refractivity contribution in [2.75, 3.05) is 19.8 Å². The maximum absolute atomic E-state index is 12.0. The predicted octanol–water partition coefficient (Wildman–Crippen LogP) is 1.96. The average molecular weight is 333 g/mol. The second-order valence-electron chi connectivity index (χ2n) is 6.26. The molecule has 2 N–H and O–H groups in total. The van der Waals surface area contributed by atoms with Crippen LogP contribution in [0.25, 0.3) is 0 Å². The molecule has 24 heavy (non-hydrogen) atoms. The molecule has 1 aliphatic rings. The van der Waals surface area contributed by atoms with Gasteiger partial charge in [-0.05, 0) is 19.8 Å². The van der Waals surface area contributed by atoms with Crippen molar-refractivity contribution >= 4 is 17.7 Å². The number of hydrogen-bond donors (Lipinski definition) is 2. The van der Waals surface area contributed by atoms with Gasteiger partial charge in [-0.3, -0.25) is 14.4 Å². The number of Topliss-reactive ketones (excluding diaryl/α,β-unsaturated/α-hetero) is 1. The lowest BCUT2D eigenvalue weighted by atomic mass is 9.80. The van der Waals surface area contributed by atoms with Gasteiger partial charge in [0.2, 0.25) is 5.91 Å². The van der Waals surface area contributed by atoms with Crippen LogP contribution in [-0.4, -0.2) is 42.5 Å². The zero-order chi connectivity index (χ0) is 17.6. The number of rotatable bonds is 7. The minimum Gasteiger partial charge on any atom is -0.481 e. The van der Waals surface area contributed by atoms with Crippen LogP contribution >= 0.6 is 0 Å². The fraction of sp³-hybridized carbons (Fsp3) is 0.500. The summed E-state index contributed by atoms with van der Waals surface area (Å²) in [6.45, 7) is 2.78. The van der Waals surface area contributed by atoms with Gasteiger partial charge in [0.25, 0.3) is 0 Å². The molecule has 0 aromatic heterocycles. The summed E-state index contributed by atoms with van der Waals surface area (Å²) in [5, 5.41) is 12.1. The summed E-state index contributed by atoms with van der Waals surface area (Å²) in [5.41, 5.74) is 0.689. The molecular formula is C18H23NO5. The lowest BCUT2D eigenvalue weighted by Crippen LogP contribution is -2.46. The van der Waals surface area contributed by atoms with Crippen LogP contribution in [0, 0.1) is 12.3 Å². The molecule has 0 radical (unpaired) electrons. The van der Waals surface area contributed by atoms with E-state index in [1.807, 2.05) is 19.1 Å². The number of aryl methyl sites for hydroxylation is 1. The lowest BCUT2D eigenvalue weighted by Gasteiger charge is -2.33. The number of amides is 1. The van der Waals surface area contributed by atoms with Gasteiger partial charge in [0.15, 0.2) is 5.78 Å². The van der Waals surface area contributed by atoms with Crippen LogP contribution in [-0.2, 0) is 14.3 Å². The maximum atomic E-state index is 12.0. The van der Waals surface area contributed by atoms with Crippen molar-refractivity contribution in [3.8, 4) is 0 Å². The second kappa shape index (κ2) is 8.06. The van der Waals surface area contributed by atoms with Gasteiger partial charge in [0.05, 0.1) is 5.41 Å². The van der Waals surface area contributed by atoms with Crippen molar-refractivity contribution < 1.29 is 24.2 Å². The zero-order valence-electron chi connectivity index (χ0n) is 13.8. The van der Waals surface area contributed by atoms with E-state index in [0.717, 1.165) is 5.56 Å².